The quantitative estimate of drug-likeness (QED) is 0.333. The number of nitriles is 1. The number of thioether (sulfide) groups is 1. The summed E-state index contributed by atoms with van der Waals surface area (Å²) in [5.41, 5.74) is 4.31. The van der Waals surface area contributed by atoms with Crippen LogP contribution in [0.4, 0.5) is 16.6 Å². The monoisotopic (exact) mass is 478 g/mol. The fourth-order valence-electron chi connectivity index (χ4n) is 3.26. The van der Waals surface area contributed by atoms with Crippen molar-refractivity contribution in [3.05, 3.63) is 70.8 Å². The Balaban J connectivity index is 1.41. The molecular formula is C23H22N6O2S2. The smallest absolute Gasteiger partial charge is 0.235 e. The molecule has 0 saturated carbocycles. The molecule has 1 amide bonds. The van der Waals surface area contributed by atoms with E-state index in [0.29, 0.717) is 27.4 Å². The van der Waals surface area contributed by atoms with Gasteiger partial charge >= 0.3 is 0 Å². The number of carbonyl (C=O) groups is 1. The molecule has 3 aromatic heterocycles. The number of aromatic nitrogens is 3. The van der Waals surface area contributed by atoms with Gasteiger partial charge in [-0.1, -0.05) is 40.8 Å². The van der Waals surface area contributed by atoms with E-state index < -0.39 is 0 Å². The number of furan rings is 1. The molecule has 0 fully saturated rings. The van der Waals surface area contributed by atoms with Crippen molar-refractivity contribution >= 4 is 45.6 Å². The minimum Gasteiger partial charge on any atom is -0.467 e. The Morgan fingerprint density at radius 1 is 1.21 bits per heavy atom. The number of nitrogens with zero attached hydrogens (tertiary/aromatic N) is 4. The van der Waals surface area contributed by atoms with Crippen LogP contribution in [0.3, 0.4) is 0 Å². The number of anilines is 3. The summed E-state index contributed by atoms with van der Waals surface area (Å²) in [6, 6.07) is 13.9. The summed E-state index contributed by atoms with van der Waals surface area (Å²) in [5.74, 6) is 1.14. The number of aryl methyl sites for hydroxylation is 1. The highest BCUT2D eigenvalue weighted by atomic mass is 32.2. The Hall–Kier alpha value is -3.55. The molecule has 0 atom stereocenters. The van der Waals surface area contributed by atoms with Crippen molar-refractivity contribution in [3.63, 3.8) is 0 Å². The van der Waals surface area contributed by atoms with E-state index in [1.165, 1.54) is 28.7 Å². The van der Waals surface area contributed by atoms with E-state index in [1.54, 1.807) is 6.26 Å². The average molecular weight is 479 g/mol. The Labute approximate surface area is 199 Å². The Bertz CT molecular complexity index is 1300. The van der Waals surface area contributed by atoms with Crippen LogP contribution >= 0.6 is 23.1 Å². The van der Waals surface area contributed by atoms with Crippen molar-refractivity contribution in [3.8, 4) is 6.07 Å². The Kier molecular flexibility index (Phi) is 6.82. The first kappa shape index (κ1) is 22.6. The van der Waals surface area contributed by atoms with Crippen LogP contribution in [0.15, 0.2) is 51.4 Å². The second-order valence-electron chi connectivity index (χ2n) is 7.41. The van der Waals surface area contributed by atoms with Crippen LogP contribution in [0.5, 0.6) is 0 Å². The lowest BCUT2D eigenvalue weighted by atomic mass is 10.2. The van der Waals surface area contributed by atoms with Crippen molar-refractivity contribution in [2.45, 2.75) is 31.7 Å². The minimum atomic E-state index is -0.224. The lowest BCUT2D eigenvalue weighted by molar-refractivity contribution is -0.113. The molecule has 0 saturated heterocycles. The summed E-state index contributed by atoms with van der Waals surface area (Å²) in [4.78, 5) is 12.7. The predicted molar refractivity (Wildman–Crippen MR) is 130 cm³/mol. The molecule has 8 nitrogen and oxygen atoms in total. The van der Waals surface area contributed by atoms with Crippen LogP contribution < -0.4 is 10.6 Å². The van der Waals surface area contributed by atoms with Gasteiger partial charge in [0.15, 0.2) is 4.34 Å². The SMILES string of the molecule is Cc1ccc(Nc2nnc(SCC(=O)Nc3c(C#N)c(C)c(C)n3Cc3ccco3)s2)cc1. The molecule has 1 aromatic carbocycles. The lowest BCUT2D eigenvalue weighted by Crippen LogP contribution is -2.18. The van der Waals surface area contributed by atoms with Gasteiger partial charge in [0, 0.05) is 11.4 Å². The minimum absolute atomic E-state index is 0.147. The molecule has 0 spiro atoms. The summed E-state index contributed by atoms with van der Waals surface area (Å²) in [6.45, 7) is 6.26. The van der Waals surface area contributed by atoms with Gasteiger partial charge in [-0.05, 0) is 50.6 Å². The number of nitrogens with one attached hydrogen (secondary N) is 2. The zero-order chi connectivity index (χ0) is 23.4. The van der Waals surface area contributed by atoms with Crippen LogP contribution in [0, 0.1) is 32.1 Å². The third-order valence-corrected chi connectivity index (χ3v) is 7.10. The fraction of sp³-hybridized carbons (Fsp3) is 0.217. The third kappa shape index (κ3) is 5.27. The van der Waals surface area contributed by atoms with Gasteiger partial charge in [-0.2, -0.15) is 5.26 Å². The van der Waals surface area contributed by atoms with Crippen LogP contribution in [0.2, 0.25) is 0 Å². The summed E-state index contributed by atoms with van der Waals surface area (Å²) in [7, 11) is 0. The maximum absolute atomic E-state index is 12.7. The molecule has 168 valence electrons. The molecule has 10 heteroatoms. The Morgan fingerprint density at radius 3 is 2.70 bits per heavy atom. The number of benzene rings is 1. The van der Waals surface area contributed by atoms with Crippen LogP contribution in [0.1, 0.15) is 28.1 Å². The van der Waals surface area contributed by atoms with Crippen molar-refractivity contribution in [2.75, 3.05) is 16.4 Å². The highest BCUT2D eigenvalue weighted by Crippen LogP contribution is 2.30. The van der Waals surface area contributed by atoms with Crippen molar-refractivity contribution in [2.24, 2.45) is 0 Å². The van der Waals surface area contributed by atoms with E-state index in [1.807, 2.05) is 61.7 Å². The van der Waals surface area contributed by atoms with Gasteiger partial charge in [0.25, 0.3) is 0 Å². The van der Waals surface area contributed by atoms with E-state index in [0.717, 1.165) is 22.7 Å². The molecule has 33 heavy (non-hydrogen) atoms. The molecule has 4 rings (SSSR count). The number of carbonyl (C=O) groups excluding carboxylic acids is 1. The first-order valence-electron chi connectivity index (χ1n) is 10.2. The van der Waals surface area contributed by atoms with E-state index >= 15 is 0 Å². The van der Waals surface area contributed by atoms with Crippen LogP contribution in [0.25, 0.3) is 0 Å². The lowest BCUT2D eigenvalue weighted by Gasteiger charge is -2.11. The maximum atomic E-state index is 12.7. The molecule has 0 unspecified atom stereocenters. The van der Waals surface area contributed by atoms with Crippen LogP contribution in [-0.2, 0) is 11.3 Å². The summed E-state index contributed by atoms with van der Waals surface area (Å²) in [5, 5.41) is 24.7. The van der Waals surface area contributed by atoms with Crippen molar-refractivity contribution in [1.82, 2.24) is 14.8 Å². The summed E-state index contributed by atoms with van der Waals surface area (Å²) >= 11 is 2.68. The first-order chi connectivity index (χ1) is 15.9. The van der Waals surface area contributed by atoms with Crippen molar-refractivity contribution in [1.29, 1.82) is 5.26 Å². The molecule has 0 aliphatic carbocycles. The van der Waals surface area contributed by atoms with Gasteiger partial charge in [-0.15, -0.1) is 10.2 Å². The van der Waals surface area contributed by atoms with Gasteiger partial charge in [0.05, 0.1) is 24.1 Å². The second-order valence-corrected chi connectivity index (χ2v) is 9.61. The largest absolute Gasteiger partial charge is 0.467 e. The highest BCUT2D eigenvalue weighted by molar-refractivity contribution is 8.01. The topological polar surface area (TPSA) is 109 Å². The van der Waals surface area contributed by atoms with Gasteiger partial charge < -0.3 is 19.6 Å². The fourth-order valence-corrected chi connectivity index (χ4v) is 4.83. The molecule has 0 aliphatic rings. The van der Waals surface area contributed by atoms with E-state index in [2.05, 4.69) is 26.9 Å². The van der Waals surface area contributed by atoms with E-state index in [4.69, 9.17) is 4.42 Å². The number of hydrogen-bond acceptors (Lipinski definition) is 8. The van der Waals surface area contributed by atoms with Gasteiger partial charge in [0.2, 0.25) is 11.0 Å². The molecular weight excluding hydrogens is 456 g/mol. The van der Waals surface area contributed by atoms with Crippen LogP contribution in [-0.4, -0.2) is 26.4 Å². The maximum Gasteiger partial charge on any atom is 0.235 e. The average Bonchev–Trinajstić information content (AvgIpc) is 3.53. The first-order valence-corrected chi connectivity index (χ1v) is 12.0. The molecule has 0 aliphatic heterocycles. The summed E-state index contributed by atoms with van der Waals surface area (Å²) < 4.78 is 8.02. The van der Waals surface area contributed by atoms with E-state index in [-0.39, 0.29) is 11.7 Å². The van der Waals surface area contributed by atoms with Gasteiger partial charge in [-0.3, -0.25) is 4.79 Å². The van der Waals surface area contributed by atoms with Gasteiger partial charge in [-0.25, -0.2) is 0 Å². The molecule has 0 bridgehead atoms. The summed E-state index contributed by atoms with van der Waals surface area (Å²) in [6.07, 6.45) is 1.60. The molecule has 3 heterocycles. The highest BCUT2D eigenvalue weighted by Gasteiger charge is 2.20. The standard InChI is InChI=1S/C23H22N6O2S2/c1-14-6-8-17(9-7-14)25-22-27-28-23(33-22)32-13-20(30)26-21-19(11-24)15(2)16(3)29(21)12-18-5-4-10-31-18/h4-10H,12-13H2,1-3H3,(H,25,27)(H,26,30). The number of amides is 1. The number of rotatable bonds is 8. The number of hydrogen-bond donors (Lipinski definition) is 2. The zero-order valence-electron chi connectivity index (χ0n) is 18.4. The molecule has 4 aromatic rings. The second kappa shape index (κ2) is 9.94. The Morgan fingerprint density at radius 2 is 2.00 bits per heavy atom. The zero-order valence-corrected chi connectivity index (χ0v) is 20.0. The third-order valence-electron chi connectivity index (χ3n) is 5.13. The van der Waals surface area contributed by atoms with E-state index in [9.17, 15) is 10.1 Å². The molecule has 2 N–H and O–H groups in total. The predicted octanol–water partition coefficient (Wildman–Crippen LogP) is 5.25. The molecule has 0 radical (unpaired) electrons. The van der Waals surface area contributed by atoms with Crippen molar-refractivity contribution < 1.29 is 9.21 Å². The van der Waals surface area contributed by atoms with Gasteiger partial charge in [0.1, 0.15) is 17.6 Å². The normalized spacial score (nSPS) is 10.7.